The lowest BCUT2D eigenvalue weighted by molar-refractivity contribution is -0.111. The van der Waals surface area contributed by atoms with Crippen molar-refractivity contribution >= 4 is 35.2 Å². The molecule has 0 saturated heterocycles. The van der Waals surface area contributed by atoms with Crippen molar-refractivity contribution in [1.29, 1.82) is 0 Å². The van der Waals surface area contributed by atoms with Gasteiger partial charge in [0.05, 0.1) is 0 Å². The molecule has 0 aromatic heterocycles. The minimum absolute atomic E-state index is 0.185. The average Bonchev–Trinajstić information content (AvgIpc) is 2.53. The molecule has 0 radical (unpaired) electrons. The Labute approximate surface area is 152 Å². The molecule has 5 heteroatoms. The third-order valence-corrected chi connectivity index (χ3v) is 3.54. The Kier molecular flexibility index (Phi) is 5.99. The lowest BCUT2D eigenvalue weighted by atomic mass is 10.1. The molecule has 0 aliphatic heterocycles. The molecular formula is C20H21ClN2O2. The van der Waals surface area contributed by atoms with Crippen LogP contribution in [0.5, 0.6) is 0 Å². The van der Waals surface area contributed by atoms with Crippen LogP contribution < -0.4 is 10.6 Å². The summed E-state index contributed by atoms with van der Waals surface area (Å²) in [6, 6.07) is 14.1. The van der Waals surface area contributed by atoms with E-state index in [-0.39, 0.29) is 17.4 Å². The third kappa shape index (κ3) is 6.08. The van der Waals surface area contributed by atoms with Crippen LogP contribution >= 0.6 is 11.6 Å². The fourth-order valence-electron chi connectivity index (χ4n) is 2.11. The first kappa shape index (κ1) is 18.7. The summed E-state index contributed by atoms with van der Waals surface area (Å²) in [5, 5.41) is 6.21. The van der Waals surface area contributed by atoms with E-state index in [0.717, 1.165) is 5.56 Å². The fraction of sp³-hybridized carbons (Fsp3) is 0.200. The molecule has 2 aromatic rings. The van der Waals surface area contributed by atoms with Crippen molar-refractivity contribution in [3.05, 3.63) is 70.8 Å². The van der Waals surface area contributed by atoms with E-state index in [0.29, 0.717) is 16.3 Å². The van der Waals surface area contributed by atoms with E-state index in [4.69, 9.17) is 11.6 Å². The smallest absolute Gasteiger partial charge is 0.251 e. The summed E-state index contributed by atoms with van der Waals surface area (Å²) >= 11 is 6.05. The predicted octanol–water partition coefficient (Wildman–Crippen LogP) is 4.52. The van der Waals surface area contributed by atoms with Crippen LogP contribution in [0.4, 0.5) is 5.69 Å². The third-order valence-electron chi connectivity index (χ3n) is 3.20. The van der Waals surface area contributed by atoms with Gasteiger partial charge in [-0.05, 0) is 56.7 Å². The zero-order chi connectivity index (χ0) is 18.4. The Morgan fingerprint density at radius 2 is 1.76 bits per heavy atom. The minimum Gasteiger partial charge on any atom is -0.347 e. The quantitative estimate of drug-likeness (QED) is 0.791. The van der Waals surface area contributed by atoms with Gasteiger partial charge in [-0.3, -0.25) is 9.59 Å². The highest BCUT2D eigenvalue weighted by atomic mass is 35.5. The van der Waals surface area contributed by atoms with Crippen LogP contribution in [0.2, 0.25) is 5.02 Å². The topological polar surface area (TPSA) is 58.2 Å². The molecule has 130 valence electrons. The van der Waals surface area contributed by atoms with Crippen LogP contribution in [0.25, 0.3) is 6.08 Å². The van der Waals surface area contributed by atoms with E-state index < -0.39 is 0 Å². The van der Waals surface area contributed by atoms with Gasteiger partial charge in [0.15, 0.2) is 0 Å². The van der Waals surface area contributed by atoms with Crippen molar-refractivity contribution in [2.24, 2.45) is 0 Å². The zero-order valence-corrected chi connectivity index (χ0v) is 15.2. The highest BCUT2D eigenvalue weighted by Gasteiger charge is 2.15. The van der Waals surface area contributed by atoms with Crippen molar-refractivity contribution < 1.29 is 9.59 Å². The second-order valence-electron chi connectivity index (χ2n) is 6.63. The molecule has 25 heavy (non-hydrogen) atoms. The average molecular weight is 357 g/mol. The zero-order valence-electron chi connectivity index (χ0n) is 14.5. The molecule has 0 atom stereocenters. The molecule has 0 aliphatic carbocycles. The molecule has 0 unspecified atom stereocenters. The molecular weight excluding hydrogens is 336 g/mol. The Balaban J connectivity index is 2.05. The normalized spacial score (nSPS) is 11.4. The van der Waals surface area contributed by atoms with Gasteiger partial charge >= 0.3 is 0 Å². The predicted molar refractivity (Wildman–Crippen MR) is 103 cm³/mol. The van der Waals surface area contributed by atoms with Crippen LogP contribution in [0.1, 0.15) is 36.7 Å². The molecule has 0 saturated carbocycles. The number of rotatable bonds is 4. The van der Waals surface area contributed by atoms with Gasteiger partial charge in [-0.1, -0.05) is 35.9 Å². The number of carbonyl (C=O) groups is 2. The number of hydrogen-bond acceptors (Lipinski definition) is 2. The molecule has 0 bridgehead atoms. The van der Waals surface area contributed by atoms with Crippen LogP contribution in [-0.2, 0) is 4.79 Å². The number of nitrogens with one attached hydrogen (secondary N) is 2. The van der Waals surface area contributed by atoms with Crippen LogP contribution in [0.15, 0.2) is 54.6 Å². The molecule has 4 nitrogen and oxygen atoms in total. The Bertz CT molecular complexity index is 807. The van der Waals surface area contributed by atoms with E-state index in [9.17, 15) is 9.59 Å². The van der Waals surface area contributed by atoms with E-state index >= 15 is 0 Å². The Morgan fingerprint density at radius 1 is 1.04 bits per heavy atom. The standard InChI is InChI=1S/C20H21ClN2O2/c1-20(2,3)23-19(25)15-8-6-9-16(13-15)22-18(24)12-11-14-7-4-5-10-17(14)21/h4-13H,1-3H3,(H,22,24)(H,23,25)/b12-11+. The first-order chi connectivity index (χ1) is 11.7. The summed E-state index contributed by atoms with van der Waals surface area (Å²) in [6.07, 6.45) is 3.05. The molecule has 0 spiro atoms. The maximum absolute atomic E-state index is 12.2. The summed E-state index contributed by atoms with van der Waals surface area (Å²) in [5.74, 6) is -0.483. The molecule has 0 aliphatic rings. The molecule has 2 amide bonds. The summed E-state index contributed by atoms with van der Waals surface area (Å²) in [7, 11) is 0. The second kappa shape index (κ2) is 7.99. The number of halogens is 1. The summed E-state index contributed by atoms with van der Waals surface area (Å²) < 4.78 is 0. The van der Waals surface area contributed by atoms with Gasteiger partial charge in [0.1, 0.15) is 0 Å². The van der Waals surface area contributed by atoms with E-state index in [1.165, 1.54) is 6.08 Å². The van der Waals surface area contributed by atoms with Crippen molar-refractivity contribution in [3.8, 4) is 0 Å². The van der Waals surface area contributed by atoms with Crippen LogP contribution in [0.3, 0.4) is 0 Å². The number of carbonyl (C=O) groups excluding carboxylic acids is 2. The summed E-state index contributed by atoms with van der Waals surface area (Å²) in [4.78, 5) is 24.3. The molecule has 0 fully saturated rings. The molecule has 2 aromatic carbocycles. The van der Waals surface area contributed by atoms with E-state index in [1.807, 2.05) is 39.0 Å². The minimum atomic E-state index is -0.325. The largest absolute Gasteiger partial charge is 0.347 e. The maximum atomic E-state index is 12.2. The highest BCUT2D eigenvalue weighted by molar-refractivity contribution is 6.32. The van der Waals surface area contributed by atoms with Crippen molar-refractivity contribution in [2.75, 3.05) is 5.32 Å². The molecule has 0 heterocycles. The number of amides is 2. The lowest BCUT2D eigenvalue weighted by Crippen LogP contribution is -2.40. The van der Waals surface area contributed by atoms with Gasteiger partial charge < -0.3 is 10.6 Å². The number of anilines is 1. The Hall–Kier alpha value is -2.59. The molecule has 2 rings (SSSR count). The number of benzene rings is 2. The van der Waals surface area contributed by atoms with Gasteiger partial charge in [0.2, 0.25) is 5.91 Å². The highest BCUT2D eigenvalue weighted by Crippen LogP contribution is 2.17. The van der Waals surface area contributed by atoms with Crippen LogP contribution in [0, 0.1) is 0 Å². The lowest BCUT2D eigenvalue weighted by Gasteiger charge is -2.20. The number of hydrogen-bond donors (Lipinski definition) is 2. The Morgan fingerprint density at radius 3 is 2.44 bits per heavy atom. The first-order valence-electron chi connectivity index (χ1n) is 7.91. The SMILES string of the molecule is CC(C)(C)NC(=O)c1cccc(NC(=O)/C=C/c2ccccc2Cl)c1. The first-order valence-corrected chi connectivity index (χ1v) is 8.28. The van der Waals surface area contributed by atoms with Gasteiger partial charge in [-0.15, -0.1) is 0 Å². The van der Waals surface area contributed by atoms with Crippen molar-refractivity contribution in [1.82, 2.24) is 5.32 Å². The van der Waals surface area contributed by atoms with Gasteiger partial charge in [-0.2, -0.15) is 0 Å². The van der Waals surface area contributed by atoms with Crippen molar-refractivity contribution in [3.63, 3.8) is 0 Å². The summed E-state index contributed by atoms with van der Waals surface area (Å²) in [6.45, 7) is 5.74. The second-order valence-corrected chi connectivity index (χ2v) is 7.04. The van der Waals surface area contributed by atoms with Crippen molar-refractivity contribution in [2.45, 2.75) is 26.3 Å². The monoisotopic (exact) mass is 356 g/mol. The summed E-state index contributed by atoms with van der Waals surface area (Å²) in [5.41, 5.74) is 1.48. The maximum Gasteiger partial charge on any atom is 0.251 e. The van der Waals surface area contributed by atoms with Gasteiger partial charge in [0.25, 0.3) is 5.91 Å². The van der Waals surface area contributed by atoms with Gasteiger partial charge in [-0.25, -0.2) is 0 Å². The van der Waals surface area contributed by atoms with E-state index in [1.54, 1.807) is 36.4 Å². The van der Waals surface area contributed by atoms with Crippen LogP contribution in [-0.4, -0.2) is 17.4 Å². The fourth-order valence-corrected chi connectivity index (χ4v) is 2.31. The molecule has 2 N–H and O–H groups in total. The van der Waals surface area contributed by atoms with E-state index in [2.05, 4.69) is 10.6 Å². The van der Waals surface area contributed by atoms with Gasteiger partial charge in [0, 0.05) is 27.9 Å².